The summed E-state index contributed by atoms with van der Waals surface area (Å²) in [6.07, 6.45) is 3.02. The van der Waals surface area contributed by atoms with Gasteiger partial charge >= 0.3 is 0 Å². The number of furan rings is 1. The Balaban J connectivity index is 1.59. The first-order valence-electron chi connectivity index (χ1n) is 8.64. The number of nitrogens with one attached hydrogen (secondary N) is 3. The standard InChI is InChI=1S/C20H20N4O4/c1-27-16-8-3-2-7-15(16)24-18-14(6-4-10-21-18)19(25)22-11-12-23-20(26)17-9-5-13-28-17/h2-10,13H,11-12H2,1H3,(H,21,24)(H,22,25)(H,23,26). The Morgan fingerprint density at radius 1 is 1.00 bits per heavy atom. The second kappa shape index (κ2) is 9.22. The van der Waals surface area contributed by atoms with Crippen LogP contribution in [0.3, 0.4) is 0 Å². The number of para-hydroxylation sites is 2. The molecule has 0 unspecified atom stereocenters. The summed E-state index contributed by atoms with van der Waals surface area (Å²) in [5, 5.41) is 8.55. The Kier molecular flexibility index (Phi) is 6.25. The minimum Gasteiger partial charge on any atom is -0.495 e. The largest absolute Gasteiger partial charge is 0.495 e. The van der Waals surface area contributed by atoms with Crippen LogP contribution >= 0.6 is 0 Å². The maximum Gasteiger partial charge on any atom is 0.287 e. The van der Waals surface area contributed by atoms with Crippen molar-refractivity contribution >= 4 is 23.3 Å². The Morgan fingerprint density at radius 3 is 2.54 bits per heavy atom. The highest BCUT2D eigenvalue weighted by molar-refractivity contribution is 5.99. The third-order valence-electron chi connectivity index (χ3n) is 3.85. The first-order chi connectivity index (χ1) is 13.7. The van der Waals surface area contributed by atoms with Crippen LogP contribution in [0, 0.1) is 0 Å². The lowest BCUT2D eigenvalue weighted by Crippen LogP contribution is -2.34. The van der Waals surface area contributed by atoms with Crippen molar-refractivity contribution < 1.29 is 18.7 Å². The lowest BCUT2D eigenvalue weighted by atomic mass is 10.2. The Labute approximate surface area is 161 Å². The molecule has 0 fully saturated rings. The van der Waals surface area contributed by atoms with Crippen molar-refractivity contribution in [1.29, 1.82) is 0 Å². The summed E-state index contributed by atoms with van der Waals surface area (Å²) in [7, 11) is 1.57. The molecule has 144 valence electrons. The molecule has 0 spiro atoms. The minimum atomic E-state index is -0.334. The molecule has 0 aliphatic carbocycles. The second-order valence-corrected chi connectivity index (χ2v) is 5.71. The maximum atomic E-state index is 12.5. The number of nitrogens with zero attached hydrogens (tertiary/aromatic N) is 1. The summed E-state index contributed by atoms with van der Waals surface area (Å²) < 4.78 is 10.3. The van der Waals surface area contributed by atoms with Crippen LogP contribution in [-0.2, 0) is 0 Å². The van der Waals surface area contributed by atoms with Crippen LogP contribution in [0.4, 0.5) is 11.5 Å². The summed E-state index contributed by atoms with van der Waals surface area (Å²) >= 11 is 0. The maximum absolute atomic E-state index is 12.5. The number of pyridine rings is 1. The first-order valence-corrected chi connectivity index (χ1v) is 8.64. The molecule has 0 aliphatic heterocycles. The molecule has 0 saturated heterocycles. The summed E-state index contributed by atoms with van der Waals surface area (Å²) in [4.78, 5) is 28.6. The van der Waals surface area contributed by atoms with E-state index in [9.17, 15) is 9.59 Å². The molecule has 8 heteroatoms. The lowest BCUT2D eigenvalue weighted by molar-refractivity contribution is 0.0911. The van der Waals surface area contributed by atoms with Crippen molar-refractivity contribution in [3.05, 3.63) is 72.3 Å². The first kappa shape index (κ1) is 19.0. The fraction of sp³-hybridized carbons (Fsp3) is 0.150. The molecule has 0 saturated carbocycles. The zero-order valence-corrected chi connectivity index (χ0v) is 15.3. The number of methoxy groups -OCH3 is 1. The van der Waals surface area contributed by atoms with E-state index >= 15 is 0 Å². The van der Waals surface area contributed by atoms with Gasteiger partial charge in [-0.05, 0) is 36.4 Å². The van der Waals surface area contributed by atoms with E-state index in [1.54, 1.807) is 37.6 Å². The number of amides is 2. The van der Waals surface area contributed by atoms with Crippen LogP contribution in [0.15, 0.2) is 65.4 Å². The van der Waals surface area contributed by atoms with Gasteiger partial charge in [-0.2, -0.15) is 0 Å². The molecular weight excluding hydrogens is 360 g/mol. The third-order valence-corrected chi connectivity index (χ3v) is 3.85. The van der Waals surface area contributed by atoms with E-state index in [0.717, 1.165) is 0 Å². The highest BCUT2D eigenvalue weighted by Gasteiger charge is 2.14. The van der Waals surface area contributed by atoms with Crippen LogP contribution in [-0.4, -0.2) is 37.0 Å². The number of benzene rings is 1. The van der Waals surface area contributed by atoms with Crippen molar-refractivity contribution in [2.24, 2.45) is 0 Å². The summed E-state index contributed by atoms with van der Waals surface area (Å²) in [6, 6.07) is 13.9. The van der Waals surface area contributed by atoms with Crippen molar-refractivity contribution in [2.45, 2.75) is 0 Å². The van der Waals surface area contributed by atoms with Gasteiger partial charge in [0.05, 0.1) is 24.6 Å². The number of carbonyl (C=O) groups is 2. The van der Waals surface area contributed by atoms with Crippen LogP contribution in [0.5, 0.6) is 5.75 Å². The molecule has 2 aromatic heterocycles. The second-order valence-electron chi connectivity index (χ2n) is 5.71. The molecule has 28 heavy (non-hydrogen) atoms. The Morgan fingerprint density at radius 2 is 1.79 bits per heavy atom. The van der Waals surface area contributed by atoms with Gasteiger partial charge in [0, 0.05) is 19.3 Å². The predicted molar refractivity (Wildman–Crippen MR) is 104 cm³/mol. The van der Waals surface area contributed by atoms with Gasteiger partial charge in [0.25, 0.3) is 11.8 Å². The number of hydrogen-bond donors (Lipinski definition) is 3. The molecule has 1 aromatic carbocycles. The van der Waals surface area contributed by atoms with Gasteiger partial charge in [0.15, 0.2) is 5.76 Å². The summed E-state index contributed by atoms with van der Waals surface area (Å²) in [5.41, 5.74) is 1.08. The normalized spacial score (nSPS) is 10.2. The van der Waals surface area contributed by atoms with Crippen molar-refractivity contribution in [2.75, 3.05) is 25.5 Å². The van der Waals surface area contributed by atoms with Crippen LogP contribution in [0.25, 0.3) is 0 Å². The average Bonchev–Trinajstić information content (AvgIpc) is 3.27. The molecule has 2 amide bonds. The van der Waals surface area contributed by atoms with Crippen LogP contribution in [0.2, 0.25) is 0 Å². The third kappa shape index (κ3) is 4.67. The molecule has 8 nitrogen and oxygen atoms in total. The molecule has 3 aromatic rings. The van der Waals surface area contributed by atoms with Crippen molar-refractivity contribution in [3.63, 3.8) is 0 Å². The molecule has 0 bridgehead atoms. The predicted octanol–water partition coefficient (Wildman–Crippen LogP) is 2.59. The monoisotopic (exact) mass is 380 g/mol. The molecule has 3 rings (SSSR count). The average molecular weight is 380 g/mol. The van der Waals surface area contributed by atoms with E-state index in [2.05, 4.69) is 20.9 Å². The molecule has 3 N–H and O–H groups in total. The van der Waals surface area contributed by atoms with Crippen molar-refractivity contribution in [3.8, 4) is 5.75 Å². The number of ether oxygens (including phenoxy) is 1. The van der Waals surface area contributed by atoms with E-state index in [-0.39, 0.29) is 30.7 Å². The zero-order valence-electron chi connectivity index (χ0n) is 15.3. The quantitative estimate of drug-likeness (QED) is 0.519. The molecule has 0 aliphatic rings. The number of hydrogen-bond acceptors (Lipinski definition) is 6. The van der Waals surface area contributed by atoms with E-state index in [1.807, 2.05) is 24.3 Å². The molecular formula is C20H20N4O4. The summed E-state index contributed by atoms with van der Waals surface area (Å²) in [6.45, 7) is 0.523. The van der Waals surface area contributed by atoms with Gasteiger partial charge in [0.2, 0.25) is 0 Å². The van der Waals surface area contributed by atoms with Gasteiger partial charge in [0.1, 0.15) is 11.6 Å². The van der Waals surface area contributed by atoms with Gasteiger partial charge in [-0.3, -0.25) is 9.59 Å². The molecule has 0 atom stereocenters. The van der Waals surface area contributed by atoms with Gasteiger partial charge in [-0.25, -0.2) is 4.98 Å². The van der Waals surface area contributed by atoms with Gasteiger partial charge in [-0.15, -0.1) is 0 Å². The van der Waals surface area contributed by atoms with Gasteiger partial charge < -0.3 is 25.1 Å². The van der Waals surface area contributed by atoms with Gasteiger partial charge in [-0.1, -0.05) is 12.1 Å². The lowest BCUT2D eigenvalue weighted by Gasteiger charge is -2.13. The number of anilines is 2. The molecule has 2 heterocycles. The summed E-state index contributed by atoms with van der Waals surface area (Å²) in [5.74, 6) is 0.628. The highest BCUT2D eigenvalue weighted by atomic mass is 16.5. The van der Waals surface area contributed by atoms with Crippen LogP contribution < -0.4 is 20.7 Å². The minimum absolute atomic E-state index is 0.224. The number of carbonyl (C=O) groups excluding carboxylic acids is 2. The van der Waals surface area contributed by atoms with Crippen LogP contribution in [0.1, 0.15) is 20.9 Å². The van der Waals surface area contributed by atoms with E-state index < -0.39 is 0 Å². The van der Waals surface area contributed by atoms with E-state index in [1.165, 1.54) is 6.26 Å². The smallest absolute Gasteiger partial charge is 0.287 e. The van der Waals surface area contributed by atoms with Crippen molar-refractivity contribution in [1.82, 2.24) is 15.6 Å². The fourth-order valence-electron chi connectivity index (χ4n) is 2.51. The Bertz CT molecular complexity index is 941. The number of aromatic nitrogens is 1. The Hall–Kier alpha value is -3.81. The SMILES string of the molecule is COc1ccccc1Nc1ncccc1C(=O)NCCNC(=O)c1ccco1. The van der Waals surface area contributed by atoms with E-state index in [4.69, 9.17) is 9.15 Å². The molecule has 0 radical (unpaired) electrons. The fourth-order valence-corrected chi connectivity index (χ4v) is 2.51. The van der Waals surface area contributed by atoms with E-state index in [0.29, 0.717) is 22.8 Å². The highest BCUT2D eigenvalue weighted by Crippen LogP contribution is 2.27. The number of rotatable bonds is 8. The topological polar surface area (TPSA) is 105 Å². The zero-order chi connectivity index (χ0) is 19.8.